The summed E-state index contributed by atoms with van der Waals surface area (Å²) in [6.07, 6.45) is 7.07. The Morgan fingerprint density at radius 2 is 2.41 bits per heavy atom. The molecule has 4 rings (SSSR count). The fourth-order valence-corrected chi connectivity index (χ4v) is 4.09. The number of H-pyrrole nitrogens is 1. The maximum absolute atomic E-state index is 5.99. The Labute approximate surface area is 133 Å². The zero-order valence-corrected chi connectivity index (χ0v) is 13.4. The minimum Gasteiger partial charge on any atom is -0.372 e. The molecule has 3 aromatic rings. The number of aromatic nitrogens is 2. The molecule has 22 heavy (non-hydrogen) atoms. The zero-order valence-electron chi connectivity index (χ0n) is 12.6. The predicted octanol–water partition coefficient (Wildman–Crippen LogP) is 3.37. The molecule has 1 aliphatic rings. The molecule has 1 unspecified atom stereocenters. The zero-order chi connectivity index (χ0) is 14.9. The van der Waals surface area contributed by atoms with Crippen LogP contribution in [0.4, 0.5) is 0 Å². The Morgan fingerprint density at radius 3 is 3.36 bits per heavy atom. The van der Waals surface area contributed by atoms with Crippen molar-refractivity contribution in [3.8, 4) is 0 Å². The number of hydrogen-bond donors (Lipinski definition) is 1. The van der Waals surface area contributed by atoms with E-state index >= 15 is 0 Å². The van der Waals surface area contributed by atoms with Gasteiger partial charge in [0, 0.05) is 42.2 Å². The van der Waals surface area contributed by atoms with Crippen LogP contribution in [0, 0.1) is 0 Å². The van der Waals surface area contributed by atoms with Crippen LogP contribution in [0.15, 0.2) is 36.1 Å². The summed E-state index contributed by atoms with van der Waals surface area (Å²) in [5, 5.41) is 3.43. The molecule has 0 fully saturated rings. The van der Waals surface area contributed by atoms with E-state index in [1.54, 1.807) is 0 Å². The Bertz CT molecular complexity index is 779. The lowest BCUT2D eigenvalue weighted by Gasteiger charge is -2.27. The van der Waals surface area contributed by atoms with E-state index in [-0.39, 0.29) is 6.10 Å². The summed E-state index contributed by atoms with van der Waals surface area (Å²) < 4.78 is 5.99. The third-order valence-electron chi connectivity index (χ3n) is 4.26. The summed E-state index contributed by atoms with van der Waals surface area (Å²) in [5.41, 5.74) is 3.78. The first-order valence-electron chi connectivity index (χ1n) is 7.57. The van der Waals surface area contributed by atoms with Gasteiger partial charge in [-0.2, -0.15) is 0 Å². The molecule has 0 radical (unpaired) electrons. The fraction of sp³-hybridized carbons (Fsp3) is 0.353. The molecular weight excluding hydrogens is 294 g/mol. The van der Waals surface area contributed by atoms with Crippen LogP contribution in [0.25, 0.3) is 10.9 Å². The van der Waals surface area contributed by atoms with Crippen LogP contribution in [0.2, 0.25) is 0 Å². The molecule has 3 aromatic heterocycles. The minimum atomic E-state index is 0.201. The highest BCUT2D eigenvalue weighted by Crippen LogP contribution is 2.31. The van der Waals surface area contributed by atoms with Gasteiger partial charge in [-0.25, -0.2) is 0 Å². The Hall–Kier alpha value is -1.69. The molecular formula is C17H19N3OS. The van der Waals surface area contributed by atoms with Crippen molar-refractivity contribution in [2.24, 2.45) is 0 Å². The van der Waals surface area contributed by atoms with Crippen molar-refractivity contribution in [2.75, 3.05) is 20.2 Å². The van der Waals surface area contributed by atoms with Gasteiger partial charge in [-0.1, -0.05) is 0 Å². The van der Waals surface area contributed by atoms with E-state index in [4.69, 9.17) is 4.74 Å². The first-order valence-corrected chi connectivity index (χ1v) is 8.45. The Morgan fingerprint density at radius 1 is 1.45 bits per heavy atom. The number of pyridine rings is 1. The van der Waals surface area contributed by atoms with Gasteiger partial charge in [0.25, 0.3) is 0 Å². The Balaban J connectivity index is 1.48. The molecule has 0 bridgehead atoms. The van der Waals surface area contributed by atoms with Crippen LogP contribution in [-0.4, -0.2) is 35.1 Å². The molecule has 114 valence electrons. The number of fused-ring (bicyclic) bond motifs is 2. The molecule has 0 spiro atoms. The smallest absolute Gasteiger partial charge is 0.0962 e. The van der Waals surface area contributed by atoms with E-state index in [1.807, 2.05) is 23.7 Å². The summed E-state index contributed by atoms with van der Waals surface area (Å²) in [4.78, 5) is 11.3. The van der Waals surface area contributed by atoms with Crippen LogP contribution in [0.5, 0.6) is 0 Å². The van der Waals surface area contributed by atoms with Crippen molar-refractivity contribution in [1.82, 2.24) is 14.9 Å². The van der Waals surface area contributed by atoms with E-state index in [0.29, 0.717) is 0 Å². The monoisotopic (exact) mass is 313 g/mol. The number of nitrogens with one attached hydrogen (secondary N) is 1. The number of rotatable bonds is 4. The van der Waals surface area contributed by atoms with E-state index in [9.17, 15) is 0 Å². The number of likely N-dealkylation sites (N-methyl/N-ethyl adjacent to an activating group) is 1. The van der Waals surface area contributed by atoms with E-state index < -0.39 is 0 Å². The second-order valence-electron chi connectivity index (χ2n) is 5.84. The standard InChI is InChI=1S/C17H19N3OS/c1-20(10-12-8-19-15-9-18-5-2-13(12)15)11-16-14-4-7-22-17(14)3-6-21-16/h2,4-5,7-9,16,19H,3,6,10-11H2,1H3. The number of aromatic amines is 1. The molecule has 1 atom stereocenters. The summed E-state index contributed by atoms with van der Waals surface area (Å²) in [5.74, 6) is 0. The summed E-state index contributed by atoms with van der Waals surface area (Å²) in [6.45, 7) is 2.66. The van der Waals surface area contributed by atoms with Gasteiger partial charge in [0.15, 0.2) is 0 Å². The van der Waals surface area contributed by atoms with E-state index in [0.717, 1.165) is 31.6 Å². The van der Waals surface area contributed by atoms with Crippen molar-refractivity contribution >= 4 is 22.2 Å². The highest BCUT2D eigenvalue weighted by Gasteiger charge is 2.23. The van der Waals surface area contributed by atoms with Gasteiger partial charge in [0.05, 0.1) is 24.4 Å². The molecule has 0 aliphatic carbocycles. The molecule has 0 saturated heterocycles. The van der Waals surface area contributed by atoms with Crippen molar-refractivity contribution in [1.29, 1.82) is 0 Å². The highest BCUT2D eigenvalue weighted by atomic mass is 32.1. The lowest BCUT2D eigenvalue weighted by molar-refractivity contribution is 0.0209. The average molecular weight is 313 g/mol. The number of hydrogen-bond acceptors (Lipinski definition) is 4. The third-order valence-corrected chi connectivity index (χ3v) is 5.26. The lowest BCUT2D eigenvalue weighted by atomic mass is 10.1. The second-order valence-corrected chi connectivity index (χ2v) is 6.84. The van der Waals surface area contributed by atoms with Crippen LogP contribution in [0.1, 0.15) is 22.1 Å². The SMILES string of the molecule is CN(Cc1c[nH]c2cnccc12)CC1OCCc2sccc21. The Kier molecular flexibility index (Phi) is 3.70. The molecule has 1 aliphatic heterocycles. The summed E-state index contributed by atoms with van der Waals surface area (Å²) in [6, 6.07) is 4.29. The fourth-order valence-electron chi connectivity index (χ4n) is 3.18. The maximum atomic E-state index is 5.99. The van der Waals surface area contributed by atoms with Crippen molar-refractivity contribution in [3.05, 3.63) is 52.1 Å². The van der Waals surface area contributed by atoms with Crippen LogP contribution in [-0.2, 0) is 17.7 Å². The van der Waals surface area contributed by atoms with Crippen molar-refractivity contribution in [2.45, 2.75) is 19.1 Å². The number of nitrogens with zero attached hydrogens (tertiary/aromatic N) is 2. The molecule has 0 saturated carbocycles. The van der Waals surface area contributed by atoms with Gasteiger partial charge in [0.1, 0.15) is 0 Å². The molecule has 0 aromatic carbocycles. The largest absolute Gasteiger partial charge is 0.372 e. The molecule has 5 heteroatoms. The quantitative estimate of drug-likeness (QED) is 0.803. The third kappa shape index (κ3) is 2.56. The van der Waals surface area contributed by atoms with Gasteiger partial charge in [-0.15, -0.1) is 11.3 Å². The number of thiophene rings is 1. The molecule has 4 heterocycles. The van der Waals surface area contributed by atoms with Crippen molar-refractivity contribution < 1.29 is 4.74 Å². The van der Waals surface area contributed by atoms with Crippen LogP contribution >= 0.6 is 11.3 Å². The first kappa shape index (κ1) is 13.9. The average Bonchev–Trinajstić information content (AvgIpc) is 3.15. The molecule has 1 N–H and O–H groups in total. The van der Waals surface area contributed by atoms with Gasteiger partial charge >= 0.3 is 0 Å². The lowest BCUT2D eigenvalue weighted by Crippen LogP contribution is -2.28. The molecule has 4 nitrogen and oxygen atoms in total. The normalized spacial score (nSPS) is 18.0. The maximum Gasteiger partial charge on any atom is 0.0962 e. The van der Waals surface area contributed by atoms with Gasteiger partial charge in [-0.05, 0) is 35.7 Å². The van der Waals surface area contributed by atoms with Crippen molar-refractivity contribution in [3.63, 3.8) is 0 Å². The highest BCUT2D eigenvalue weighted by molar-refractivity contribution is 7.10. The van der Waals surface area contributed by atoms with Gasteiger partial charge in [-0.3, -0.25) is 9.88 Å². The summed E-state index contributed by atoms with van der Waals surface area (Å²) >= 11 is 1.85. The van der Waals surface area contributed by atoms with Crippen LogP contribution < -0.4 is 0 Å². The van der Waals surface area contributed by atoms with Crippen LogP contribution in [0.3, 0.4) is 0 Å². The van der Waals surface area contributed by atoms with E-state index in [1.165, 1.54) is 21.4 Å². The number of ether oxygens (including phenoxy) is 1. The summed E-state index contributed by atoms with van der Waals surface area (Å²) in [7, 11) is 2.16. The van der Waals surface area contributed by atoms with Gasteiger partial charge in [0.2, 0.25) is 0 Å². The topological polar surface area (TPSA) is 41.2 Å². The van der Waals surface area contributed by atoms with Gasteiger partial charge < -0.3 is 9.72 Å². The van der Waals surface area contributed by atoms with E-state index in [2.05, 4.69) is 45.6 Å². The minimum absolute atomic E-state index is 0.201. The second kappa shape index (κ2) is 5.83. The first-order chi connectivity index (χ1) is 10.8. The molecule has 0 amide bonds. The predicted molar refractivity (Wildman–Crippen MR) is 89.1 cm³/mol.